The summed E-state index contributed by atoms with van der Waals surface area (Å²) in [4.78, 5) is 0. The predicted octanol–water partition coefficient (Wildman–Crippen LogP) is 3.04. The Bertz CT molecular complexity index is 564. The van der Waals surface area contributed by atoms with E-state index in [1.165, 1.54) is 0 Å². The smallest absolute Gasteiger partial charge is 0.161 e. The quantitative estimate of drug-likeness (QED) is 0.822. The van der Waals surface area contributed by atoms with Crippen LogP contribution in [0.1, 0.15) is 23.6 Å². The van der Waals surface area contributed by atoms with Gasteiger partial charge in [-0.15, -0.1) is 12.4 Å². The Kier molecular flexibility index (Phi) is 7.74. The molecule has 0 saturated heterocycles. The molecule has 0 fully saturated rings. The monoisotopic (exact) mass is 322 g/mol. The zero-order valence-electron chi connectivity index (χ0n) is 12.7. The summed E-state index contributed by atoms with van der Waals surface area (Å²) in [5.41, 5.74) is 13.7. The van der Waals surface area contributed by atoms with Crippen LogP contribution in [0.3, 0.4) is 0 Å². The van der Waals surface area contributed by atoms with Crippen molar-refractivity contribution in [2.24, 2.45) is 11.5 Å². The molecule has 5 heteroatoms. The van der Waals surface area contributed by atoms with E-state index >= 15 is 0 Å². The third-order valence-corrected chi connectivity index (χ3v) is 3.33. The third kappa shape index (κ3) is 4.91. The number of hydrogen-bond acceptors (Lipinski definition) is 4. The second kappa shape index (κ2) is 9.30. The molecule has 22 heavy (non-hydrogen) atoms. The average Bonchev–Trinajstić information content (AvgIpc) is 2.54. The molecule has 2 rings (SSSR count). The normalized spacial score (nSPS) is 11.4. The molecule has 2 aromatic carbocycles. The van der Waals surface area contributed by atoms with Crippen molar-refractivity contribution < 1.29 is 9.47 Å². The van der Waals surface area contributed by atoms with Gasteiger partial charge < -0.3 is 20.9 Å². The first kappa shape index (κ1) is 18.3. The van der Waals surface area contributed by atoms with Gasteiger partial charge in [-0.3, -0.25) is 0 Å². The molecule has 0 aromatic heterocycles. The van der Waals surface area contributed by atoms with Crippen molar-refractivity contribution in [3.8, 4) is 11.5 Å². The van der Waals surface area contributed by atoms with E-state index in [1.807, 2.05) is 48.5 Å². The van der Waals surface area contributed by atoms with Gasteiger partial charge in [-0.25, -0.2) is 0 Å². The van der Waals surface area contributed by atoms with Gasteiger partial charge in [-0.2, -0.15) is 0 Å². The molecule has 4 N–H and O–H groups in total. The molecule has 0 radical (unpaired) electrons. The minimum atomic E-state index is -0.0768. The van der Waals surface area contributed by atoms with Gasteiger partial charge in [0.2, 0.25) is 0 Å². The number of methoxy groups -OCH3 is 1. The highest BCUT2D eigenvalue weighted by Gasteiger charge is 2.10. The van der Waals surface area contributed by atoms with Gasteiger partial charge in [0.1, 0.15) is 6.61 Å². The second-order valence-electron chi connectivity index (χ2n) is 4.87. The number of nitrogens with two attached hydrogens (primary N) is 2. The van der Waals surface area contributed by atoms with Crippen molar-refractivity contribution in [2.75, 3.05) is 13.7 Å². The number of ether oxygens (including phenoxy) is 2. The highest BCUT2D eigenvalue weighted by molar-refractivity contribution is 5.85. The maximum absolute atomic E-state index is 6.07. The lowest BCUT2D eigenvalue weighted by Gasteiger charge is -2.15. The van der Waals surface area contributed by atoms with Crippen LogP contribution >= 0.6 is 12.4 Å². The summed E-state index contributed by atoms with van der Waals surface area (Å²) in [5, 5.41) is 0. The van der Waals surface area contributed by atoms with Gasteiger partial charge in [0.25, 0.3) is 0 Å². The molecule has 1 atom stereocenters. The maximum Gasteiger partial charge on any atom is 0.161 e. The highest BCUT2D eigenvalue weighted by atomic mass is 35.5. The van der Waals surface area contributed by atoms with Gasteiger partial charge in [-0.1, -0.05) is 36.4 Å². The summed E-state index contributed by atoms with van der Waals surface area (Å²) in [6.45, 7) is 1.07. The Labute approximate surface area is 137 Å². The summed E-state index contributed by atoms with van der Waals surface area (Å²) in [6, 6.07) is 15.7. The van der Waals surface area contributed by atoms with Crippen molar-refractivity contribution in [3.63, 3.8) is 0 Å². The molecule has 0 saturated carbocycles. The zero-order chi connectivity index (χ0) is 15.1. The van der Waals surface area contributed by atoms with Gasteiger partial charge in [0.05, 0.1) is 7.11 Å². The predicted molar refractivity (Wildman–Crippen MR) is 91.6 cm³/mol. The number of benzene rings is 2. The molecule has 4 nitrogen and oxygen atoms in total. The van der Waals surface area contributed by atoms with Gasteiger partial charge >= 0.3 is 0 Å². The van der Waals surface area contributed by atoms with Crippen LogP contribution in [0.25, 0.3) is 0 Å². The molecule has 0 heterocycles. The van der Waals surface area contributed by atoms with Gasteiger partial charge in [-0.05, 0) is 36.2 Å². The molecule has 0 amide bonds. The van der Waals surface area contributed by atoms with Crippen LogP contribution < -0.4 is 20.9 Å². The first-order valence-electron chi connectivity index (χ1n) is 7.05. The summed E-state index contributed by atoms with van der Waals surface area (Å²) < 4.78 is 11.2. The Balaban J connectivity index is 0.00000242. The molecule has 0 unspecified atom stereocenters. The first-order chi connectivity index (χ1) is 10.2. The van der Waals surface area contributed by atoms with E-state index in [0.29, 0.717) is 24.7 Å². The van der Waals surface area contributed by atoms with Crippen LogP contribution in [0.2, 0.25) is 0 Å². The van der Waals surface area contributed by atoms with E-state index in [4.69, 9.17) is 20.9 Å². The molecule has 0 bridgehead atoms. The number of hydrogen-bond donors (Lipinski definition) is 2. The molecule has 120 valence electrons. The van der Waals surface area contributed by atoms with Crippen molar-refractivity contribution >= 4 is 12.4 Å². The van der Waals surface area contributed by atoms with E-state index in [0.717, 1.165) is 17.5 Å². The Morgan fingerprint density at radius 2 is 1.77 bits per heavy atom. The van der Waals surface area contributed by atoms with E-state index in [1.54, 1.807) is 7.11 Å². The number of rotatable bonds is 7. The van der Waals surface area contributed by atoms with Crippen LogP contribution in [0.4, 0.5) is 0 Å². The van der Waals surface area contributed by atoms with E-state index < -0.39 is 0 Å². The summed E-state index contributed by atoms with van der Waals surface area (Å²) in [7, 11) is 1.63. The molecule has 0 aliphatic carbocycles. The summed E-state index contributed by atoms with van der Waals surface area (Å²) in [5.74, 6) is 1.40. The van der Waals surface area contributed by atoms with E-state index in [2.05, 4.69) is 0 Å². The van der Waals surface area contributed by atoms with Gasteiger partial charge in [0.15, 0.2) is 11.5 Å². The lowest BCUT2D eigenvalue weighted by atomic mass is 10.0. The molecule has 0 spiro atoms. The third-order valence-electron chi connectivity index (χ3n) is 3.33. The van der Waals surface area contributed by atoms with Crippen LogP contribution in [-0.2, 0) is 6.61 Å². The molecule has 2 aromatic rings. The van der Waals surface area contributed by atoms with Crippen molar-refractivity contribution in [1.29, 1.82) is 0 Å². The fraction of sp³-hybridized carbons (Fsp3) is 0.294. The largest absolute Gasteiger partial charge is 0.493 e. The minimum absolute atomic E-state index is 0. The number of halogens is 1. The zero-order valence-corrected chi connectivity index (χ0v) is 13.5. The fourth-order valence-electron chi connectivity index (χ4n) is 2.12. The topological polar surface area (TPSA) is 70.5 Å². The summed E-state index contributed by atoms with van der Waals surface area (Å²) >= 11 is 0. The second-order valence-corrected chi connectivity index (χ2v) is 4.87. The summed E-state index contributed by atoms with van der Waals surface area (Å²) in [6.07, 6.45) is 0.743. The SMILES string of the molecule is COc1cc([C@H](N)CCN)ccc1OCc1ccccc1.Cl. The van der Waals surface area contributed by atoms with Crippen LogP contribution in [0.5, 0.6) is 11.5 Å². The lowest BCUT2D eigenvalue weighted by Crippen LogP contribution is -2.15. The van der Waals surface area contributed by atoms with Crippen molar-refractivity contribution in [3.05, 3.63) is 59.7 Å². The van der Waals surface area contributed by atoms with Crippen molar-refractivity contribution in [2.45, 2.75) is 19.1 Å². The van der Waals surface area contributed by atoms with Gasteiger partial charge in [0, 0.05) is 6.04 Å². The average molecular weight is 323 g/mol. The molecule has 0 aliphatic rings. The Morgan fingerprint density at radius 3 is 2.41 bits per heavy atom. The highest BCUT2D eigenvalue weighted by Crippen LogP contribution is 2.31. The standard InChI is InChI=1S/C17H22N2O2.ClH/c1-20-17-11-14(15(19)9-10-18)7-8-16(17)21-12-13-5-3-2-4-6-13;/h2-8,11,15H,9-10,12,18-19H2,1H3;1H/t15-;/m1./s1. The first-order valence-corrected chi connectivity index (χ1v) is 7.05. The van der Waals surface area contributed by atoms with Crippen LogP contribution in [0, 0.1) is 0 Å². The Morgan fingerprint density at radius 1 is 1.05 bits per heavy atom. The van der Waals surface area contributed by atoms with Crippen LogP contribution in [-0.4, -0.2) is 13.7 Å². The molecular formula is C17H23ClN2O2. The molecule has 0 aliphatic heterocycles. The Hall–Kier alpha value is -1.75. The van der Waals surface area contributed by atoms with E-state index in [-0.39, 0.29) is 18.4 Å². The van der Waals surface area contributed by atoms with Crippen LogP contribution in [0.15, 0.2) is 48.5 Å². The molecular weight excluding hydrogens is 300 g/mol. The fourth-order valence-corrected chi connectivity index (χ4v) is 2.12. The van der Waals surface area contributed by atoms with Crippen molar-refractivity contribution in [1.82, 2.24) is 0 Å². The lowest BCUT2D eigenvalue weighted by molar-refractivity contribution is 0.284. The maximum atomic E-state index is 6.07. The van der Waals surface area contributed by atoms with E-state index in [9.17, 15) is 0 Å². The minimum Gasteiger partial charge on any atom is -0.493 e.